The Morgan fingerprint density at radius 3 is 2.50 bits per heavy atom. The van der Waals surface area contributed by atoms with Crippen LogP contribution in [0.15, 0.2) is 48.5 Å². The number of hydroxylamine groups is 1. The minimum atomic E-state index is -1.01. The number of likely N-dealkylation sites (tertiary alicyclic amines) is 1. The van der Waals surface area contributed by atoms with Gasteiger partial charge < -0.3 is 25.4 Å². The lowest BCUT2D eigenvalue weighted by atomic mass is 9.85. The highest BCUT2D eigenvalue weighted by Gasteiger charge is 2.51. The van der Waals surface area contributed by atoms with Crippen molar-refractivity contribution >= 4 is 17.8 Å². The molecule has 10 heteroatoms. The second-order valence-electron chi connectivity index (χ2n) is 7.17. The predicted octanol–water partition coefficient (Wildman–Crippen LogP) is 0.947. The van der Waals surface area contributed by atoms with Crippen LogP contribution in [-0.4, -0.2) is 49.6 Å². The first kappa shape index (κ1) is 22.9. The third-order valence-corrected chi connectivity index (χ3v) is 5.19. The molecule has 0 aromatic heterocycles. The van der Waals surface area contributed by atoms with Crippen molar-refractivity contribution in [1.29, 1.82) is 0 Å². The monoisotopic (exact) mass is 442 g/mol. The second kappa shape index (κ2) is 10.5. The SMILES string of the molecule is COc1ccc(CN2C(=O)C(C(=O)NOCc3ccccc3)C2CNC(N)=O)c(OC)c1. The third-order valence-electron chi connectivity index (χ3n) is 5.19. The van der Waals surface area contributed by atoms with Gasteiger partial charge in [-0.05, 0) is 17.7 Å². The molecule has 0 bridgehead atoms. The standard InChI is InChI=1S/C22H26N4O6/c1-30-16-9-8-15(18(10-16)31-2)12-26-17(11-24-22(23)29)19(21(26)28)20(27)25-32-13-14-6-4-3-5-7-14/h3-10,17,19H,11-13H2,1-2H3,(H,25,27)(H3,23,24,29). The molecule has 4 N–H and O–H groups in total. The highest BCUT2D eigenvalue weighted by molar-refractivity contribution is 6.05. The third kappa shape index (κ3) is 5.27. The van der Waals surface area contributed by atoms with E-state index >= 15 is 0 Å². The Hall–Kier alpha value is -3.79. The van der Waals surface area contributed by atoms with Gasteiger partial charge in [-0.2, -0.15) is 0 Å². The van der Waals surface area contributed by atoms with Gasteiger partial charge in [0.2, 0.25) is 5.91 Å². The number of amides is 4. The maximum absolute atomic E-state index is 12.8. The van der Waals surface area contributed by atoms with E-state index in [1.54, 1.807) is 25.3 Å². The zero-order valence-corrected chi connectivity index (χ0v) is 17.9. The van der Waals surface area contributed by atoms with Crippen molar-refractivity contribution in [3.05, 3.63) is 59.7 Å². The molecular formula is C22H26N4O6. The Kier molecular flexibility index (Phi) is 7.50. The molecule has 2 atom stereocenters. The van der Waals surface area contributed by atoms with Crippen LogP contribution in [0.1, 0.15) is 11.1 Å². The van der Waals surface area contributed by atoms with Gasteiger partial charge in [-0.15, -0.1) is 0 Å². The first-order valence-corrected chi connectivity index (χ1v) is 9.94. The van der Waals surface area contributed by atoms with Crippen LogP contribution in [0, 0.1) is 5.92 Å². The number of hydrogen-bond donors (Lipinski definition) is 3. The van der Waals surface area contributed by atoms with Crippen molar-refractivity contribution in [3.8, 4) is 11.5 Å². The summed E-state index contributed by atoms with van der Waals surface area (Å²) in [6, 6.07) is 13.2. The van der Waals surface area contributed by atoms with E-state index in [2.05, 4.69) is 10.8 Å². The van der Waals surface area contributed by atoms with Crippen LogP contribution >= 0.6 is 0 Å². The molecule has 1 aliphatic heterocycles. The Morgan fingerprint density at radius 2 is 1.84 bits per heavy atom. The summed E-state index contributed by atoms with van der Waals surface area (Å²) in [6.45, 7) is 0.368. The molecule has 0 radical (unpaired) electrons. The molecule has 32 heavy (non-hydrogen) atoms. The number of β-lactam (4-membered cyclic amide) rings is 1. The summed E-state index contributed by atoms with van der Waals surface area (Å²) >= 11 is 0. The number of hydrogen-bond acceptors (Lipinski definition) is 6. The van der Waals surface area contributed by atoms with Gasteiger partial charge in [0.1, 0.15) is 17.4 Å². The highest BCUT2D eigenvalue weighted by Crippen LogP contribution is 2.32. The molecule has 1 heterocycles. The Morgan fingerprint density at radius 1 is 1.09 bits per heavy atom. The average molecular weight is 442 g/mol. The minimum absolute atomic E-state index is 0.0241. The minimum Gasteiger partial charge on any atom is -0.497 e. The number of rotatable bonds is 10. The van der Waals surface area contributed by atoms with Gasteiger partial charge in [0.25, 0.3) is 5.91 Å². The van der Waals surface area contributed by atoms with Crippen molar-refractivity contribution < 1.29 is 28.7 Å². The zero-order chi connectivity index (χ0) is 23.1. The molecule has 10 nitrogen and oxygen atoms in total. The summed E-state index contributed by atoms with van der Waals surface area (Å²) in [5.41, 5.74) is 9.11. The van der Waals surface area contributed by atoms with E-state index in [1.165, 1.54) is 12.0 Å². The Bertz CT molecular complexity index is 968. The molecule has 170 valence electrons. The second-order valence-corrected chi connectivity index (χ2v) is 7.17. The summed E-state index contributed by atoms with van der Waals surface area (Å²) in [6.07, 6.45) is 0. The van der Waals surface area contributed by atoms with E-state index in [1.807, 2.05) is 30.3 Å². The molecule has 1 fully saturated rings. The number of nitrogens with zero attached hydrogens (tertiary/aromatic N) is 1. The largest absolute Gasteiger partial charge is 0.497 e. The van der Waals surface area contributed by atoms with Gasteiger partial charge >= 0.3 is 6.03 Å². The van der Waals surface area contributed by atoms with Crippen LogP contribution in [0.25, 0.3) is 0 Å². The van der Waals surface area contributed by atoms with E-state index in [-0.39, 0.29) is 25.6 Å². The molecule has 0 spiro atoms. The quantitative estimate of drug-likeness (QED) is 0.285. The topological polar surface area (TPSA) is 132 Å². The summed E-state index contributed by atoms with van der Waals surface area (Å²) in [5.74, 6) is -0.833. The molecule has 2 unspecified atom stereocenters. The molecule has 2 aromatic carbocycles. The molecule has 0 aliphatic carbocycles. The molecule has 2 aromatic rings. The van der Waals surface area contributed by atoms with Crippen molar-refractivity contribution in [2.75, 3.05) is 20.8 Å². The van der Waals surface area contributed by atoms with Crippen LogP contribution in [0.3, 0.4) is 0 Å². The van der Waals surface area contributed by atoms with E-state index in [0.29, 0.717) is 11.5 Å². The van der Waals surface area contributed by atoms with Crippen LogP contribution in [0.5, 0.6) is 11.5 Å². The van der Waals surface area contributed by atoms with Gasteiger partial charge in [-0.3, -0.25) is 14.4 Å². The summed E-state index contributed by atoms with van der Waals surface area (Å²) in [7, 11) is 3.06. The number of carbonyl (C=O) groups excluding carboxylic acids is 3. The molecular weight excluding hydrogens is 416 g/mol. The van der Waals surface area contributed by atoms with Crippen LogP contribution in [-0.2, 0) is 27.6 Å². The number of nitrogens with one attached hydrogen (secondary N) is 2. The number of methoxy groups -OCH3 is 2. The average Bonchev–Trinajstić information content (AvgIpc) is 2.80. The lowest BCUT2D eigenvalue weighted by molar-refractivity contribution is -0.168. The Labute approximate surface area is 185 Å². The first-order chi connectivity index (χ1) is 15.4. The fraction of sp³-hybridized carbons (Fsp3) is 0.318. The summed E-state index contributed by atoms with van der Waals surface area (Å²) in [4.78, 5) is 43.4. The summed E-state index contributed by atoms with van der Waals surface area (Å²) in [5, 5.41) is 2.47. The van der Waals surface area contributed by atoms with Crippen molar-refractivity contribution in [2.24, 2.45) is 11.7 Å². The lowest BCUT2D eigenvalue weighted by Crippen LogP contribution is -2.68. The van der Waals surface area contributed by atoms with Crippen molar-refractivity contribution in [3.63, 3.8) is 0 Å². The maximum Gasteiger partial charge on any atom is 0.312 e. The molecule has 1 aliphatic rings. The highest BCUT2D eigenvalue weighted by atomic mass is 16.6. The number of primary amides is 1. The molecule has 4 amide bonds. The zero-order valence-electron chi connectivity index (χ0n) is 17.9. The van der Waals surface area contributed by atoms with E-state index in [4.69, 9.17) is 20.0 Å². The van der Waals surface area contributed by atoms with Gasteiger partial charge in [0.05, 0.1) is 26.9 Å². The molecule has 3 rings (SSSR count). The number of carbonyl (C=O) groups is 3. The molecule has 1 saturated heterocycles. The van der Waals surface area contributed by atoms with Gasteiger partial charge in [-0.1, -0.05) is 30.3 Å². The van der Waals surface area contributed by atoms with E-state index in [9.17, 15) is 14.4 Å². The fourth-order valence-corrected chi connectivity index (χ4v) is 3.51. The van der Waals surface area contributed by atoms with E-state index < -0.39 is 23.9 Å². The summed E-state index contributed by atoms with van der Waals surface area (Å²) < 4.78 is 10.6. The Balaban J connectivity index is 1.67. The smallest absolute Gasteiger partial charge is 0.312 e. The van der Waals surface area contributed by atoms with Crippen LogP contribution in [0.2, 0.25) is 0 Å². The maximum atomic E-state index is 12.8. The van der Waals surface area contributed by atoms with Crippen molar-refractivity contribution in [2.45, 2.75) is 19.2 Å². The van der Waals surface area contributed by atoms with Gasteiger partial charge in [0, 0.05) is 24.7 Å². The van der Waals surface area contributed by atoms with Crippen LogP contribution < -0.4 is 26.0 Å². The normalized spacial score (nSPS) is 17.3. The number of nitrogens with two attached hydrogens (primary N) is 1. The van der Waals surface area contributed by atoms with Crippen molar-refractivity contribution in [1.82, 2.24) is 15.7 Å². The van der Waals surface area contributed by atoms with Gasteiger partial charge in [0.15, 0.2) is 0 Å². The fourth-order valence-electron chi connectivity index (χ4n) is 3.51. The number of urea groups is 1. The lowest BCUT2D eigenvalue weighted by Gasteiger charge is -2.46. The molecule has 0 saturated carbocycles. The van der Waals surface area contributed by atoms with Gasteiger partial charge in [-0.25, -0.2) is 10.3 Å². The van der Waals surface area contributed by atoms with Crippen LogP contribution in [0.4, 0.5) is 4.79 Å². The first-order valence-electron chi connectivity index (χ1n) is 9.94. The number of ether oxygens (including phenoxy) is 2. The number of benzene rings is 2. The predicted molar refractivity (Wildman–Crippen MR) is 114 cm³/mol. The van der Waals surface area contributed by atoms with E-state index in [0.717, 1.165) is 11.1 Å².